The fourth-order valence-electron chi connectivity index (χ4n) is 2.00. The Hall–Kier alpha value is -1.57. The molecule has 2 aliphatic rings. The number of ether oxygens (including phenoxy) is 1. The van der Waals surface area contributed by atoms with Crippen LogP contribution in [-0.4, -0.2) is 36.3 Å². The maximum Gasteiger partial charge on any atom is 0.424 e. The summed E-state index contributed by atoms with van der Waals surface area (Å²) in [6, 6.07) is 0. The largest absolute Gasteiger partial charge is 0.424 e. The van der Waals surface area contributed by atoms with Gasteiger partial charge >= 0.3 is 6.18 Å². The van der Waals surface area contributed by atoms with E-state index in [1.807, 2.05) is 0 Å². The van der Waals surface area contributed by atoms with Gasteiger partial charge in [0, 0.05) is 5.57 Å². The van der Waals surface area contributed by atoms with Crippen molar-refractivity contribution in [2.45, 2.75) is 31.2 Å². The number of alkyl halides is 3. The molecule has 0 aromatic rings. The first-order valence-corrected chi connectivity index (χ1v) is 5.87. The maximum atomic E-state index is 13.8. The zero-order valence-corrected chi connectivity index (χ0v) is 10.9. The lowest BCUT2D eigenvalue weighted by Crippen LogP contribution is -2.61. The monoisotopic (exact) mass is 292 g/mol. The van der Waals surface area contributed by atoms with E-state index in [1.165, 1.54) is 13.0 Å². The van der Waals surface area contributed by atoms with Crippen molar-refractivity contribution in [3.8, 4) is 0 Å². The molecule has 0 bridgehead atoms. The molecule has 0 amide bonds. The number of nitrogens with two attached hydrogens (primary N) is 1. The van der Waals surface area contributed by atoms with E-state index in [9.17, 15) is 17.6 Å². The lowest BCUT2D eigenvalue weighted by Gasteiger charge is -2.41. The van der Waals surface area contributed by atoms with Gasteiger partial charge in [0.1, 0.15) is 17.2 Å². The number of nitrogens with one attached hydrogen (secondary N) is 1. The van der Waals surface area contributed by atoms with Gasteiger partial charge in [-0.05, 0) is 19.9 Å². The second-order valence-electron chi connectivity index (χ2n) is 5.05. The standard InChI is InChI=1S/C12H14F4N3O/c1-10(7-3-4-18-5-8(7)13)6-20-11(2,9(17)19-10)12(14,15)16/h3,18H,5-6H2,1-2H3,(H2,17,19)/t10-,11-/m1/s1. The van der Waals surface area contributed by atoms with E-state index in [-0.39, 0.29) is 12.1 Å². The van der Waals surface area contributed by atoms with Crippen LogP contribution < -0.4 is 11.1 Å². The van der Waals surface area contributed by atoms with E-state index >= 15 is 0 Å². The molecule has 0 aromatic heterocycles. The highest BCUT2D eigenvalue weighted by molar-refractivity contribution is 5.91. The Kier molecular flexibility index (Phi) is 3.32. The summed E-state index contributed by atoms with van der Waals surface area (Å²) in [7, 11) is 0. The van der Waals surface area contributed by atoms with Crippen molar-refractivity contribution in [1.82, 2.24) is 5.32 Å². The fraction of sp³-hybridized carbons (Fsp3) is 0.583. The Labute approximate surface area is 113 Å². The normalized spacial score (nSPS) is 34.8. The fourth-order valence-corrected chi connectivity index (χ4v) is 2.00. The molecule has 111 valence electrons. The first-order valence-electron chi connectivity index (χ1n) is 5.87. The number of amidine groups is 1. The van der Waals surface area contributed by atoms with Crippen LogP contribution in [0.5, 0.6) is 0 Å². The molecule has 20 heavy (non-hydrogen) atoms. The molecular formula is C12H14F4N3O. The van der Waals surface area contributed by atoms with Crippen LogP contribution in [0.1, 0.15) is 13.8 Å². The van der Waals surface area contributed by atoms with Gasteiger partial charge in [0.05, 0.1) is 19.4 Å². The molecule has 0 saturated carbocycles. The first-order chi connectivity index (χ1) is 9.10. The number of aliphatic imine (C=N–C) groups is 1. The number of dihydropyridines is 1. The van der Waals surface area contributed by atoms with Gasteiger partial charge in [0.2, 0.25) is 5.60 Å². The van der Waals surface area contributed by atoms with Crippen molar-refractivity contribution in [1.29, 1.82) is 0 Å². The number of halogens is 4. The third-order valence-electron chi connectivity index (χ3n) is 3.47. The molecule has 0 fully saturated rings. The third kappa shape index (κ3) is 2.17. The molecular weight excluding hydrogens is 278 g/mol. The average molecular weight is 292 g/mol. The summed E-state index contributed by atoms with van der Waals surface area (Å²) in [5.41, 5.74) is 1.60. The van der Waals surface area contributed by atoms with Crippen molar-refractivity contribution in [2.24, 2.45) is 10.7 Å². The predicted molar refractivity (Wildman–Crippen MR) is 64.4 cm³/mol. The highest BCUT2D eigenvalue weighted by Gasteiger charge is 2.59. The van der Waals surface area contributed by atoms with Gasteiger partial charge in [-0.25, -0.2) is 4.39 Å². The van der Waals surface area contributed by atoms with Crippen LogP contribution in [0.25, 0.3) is 0 Å². The van der Waals surface area contributed by atoms with Crippen LogP contribution in [0, 0.1) is 6.20 Å². The minimum atomic E-state index is -4.69. The molecule has 0 saturated heterocycles. The first kappa shape index (κ1) is 14.8. The van der Waals surface area contributed by atoms with Crippen LogP contribution in [0.15, 0.2) is 22.5 Å². The van der Waals surface area contributed by atoms with Gasteiger partial charge in [0.15, 0.2) is 0 Å². The summed E-state index contributed by atoms with van der Waals surface area (Å²) in [5, 5.41) is 2.53. The van der Waals surface area contributed by atoms with Crippen LogP contribution in [0.2, 0.25) is 0 Å². The Morgan fingerprint density at radius 2 is 2.10 bits per heavy atom. The lowest BCUT2D eigenvalue weighted by molar-refractivity contribution is -0.247. The second kappa shape index (κ2) is 4.47. The minimum Gasteiger partial charge on any atom is -0.385 e. The Morgan fingerprint density at radius 1 is 1.45 bits per heavy atom. The zero-order chi connectivity index (χ0) is 15.2. The predicted octanol–water partition coefficient (Wildman–Crippen LogP) is 1.60. The smallest absolute Gasteiger partial charge is 0.385 e. The summed E-state index contributed by atoms with van der Waals surface area (Å²) < 4.78 is 57.5. The van der Waals surface area contributed by atoms with E-state index in [0.29, 0.717) is 0 Å². The van der Waals surface area contributed by atoms with Gasteiger partial charge in [-0.2, -0.15) is 13.2 Å². The van der Waals surface area contributed by atoms with Gasteiger partial charge < -0.3 is 15.8 Å². The zero-order valence-electron chi connectivity index (χ0n) is 10.9. The molecule has 0 aromatic carbocycles. The molecule has 3 N–H and O–H groups in total. The Morgan fingerprint density at radius 3 is 2.60 bits per heavy atom. The lowest BCUT2D eigenvalue weighted by atomic mass is 9.88. The molecule has 0 spiro atoms. The molecule has 2 rings (SSSR count). The number of hydrogen-bond donors (Lipinski definition) is 2. The summed E-state index contributed by atoms with van der Waals surface area (Å²) in [6.45, 7) is 1.76. The van der Waals surface area contributed by atoms with Crippen LogP contribution in [0.4, 0.5) is 17.6 Å². The number of hydrogen-bond acceptors (Lipinski definition) is 4. The molecule has 2 aliphatic heterocycles. The molecule has 8 heteroatoms. The van der Waals surface area contributed by atoms with Crippen molar-refractivity contribution in [3.63, 3.8) is 0 Å². The van der Waals surface area contributed by atoms with Crippen LogP contribution in [-0.2, 0) is 4.74 Å². The van der Waals surface area contributed by atoms with Gasteiger partial charge in [-0.15, -0.1) is 0 Å². The van der Waals surface area contributed by atoms with Crippen molar-refractivity contribution >= 4 is 5.84 Å². The number of rotatable bonds is 1. The molecule has 2 heterocycles. The maximum absolute atomic E-state index is 13.8. The SMILES string of the molecule is C[C@]1(C2=C(F)CN[C]=C2)CO[C@@](C)(C(F)(F)F)C(N)=N1. The van der Waals surface area contributed by atoms with E-state index in [0.717, 1.165) is 6.92 Å². The Bertz CT molecular complexity index is 511. The van der Waals surface area contributed by atoms with E-state index in [4.69, 9.17) is 10.5 Å². The van der Waals surface area contributed by atoms with Crippen LogP contribution >= 0.6 is 0 Å². The topological polar surface area (TPSA) is 59.6 Å². The van der Waals surface area contributed by atoms with E-state index < -0.39 is 35.6 Å². The van der Waals surface area contributed by atoms with Gasteiger partial charge in [-0.3, -0.25) is 4.99 Å². The molecule has 1 radical (unpaired) electrons. The van der Waals surface area contributed by atoms with Crippen molar-refractivity contribution < 1.29 is 22.3 Å². The molecule has 0 aliphatic carbocycles. The van der Waals surface area contributed by atoms with Crippen LogP contribution in [0.3, 0.4) is 0 Å². The van der Waals surface area contributed by atoms with Gasteiger partial charge in [0.25, 0.3) is 0 Å². The van der Waals surface area contributed by atoms with Crippen molar-refractivity contribution in [3.05, 3.63) is 23.7 Å². The quantitative estimate of drug-likeness (QED) is 0.722. The van der Waals surface area contributed by atoms with Gasteiger partial charge in [-0.1, -0.05) is 0 Å². The highest BCUT2D eigenvalue weighted by Crippen LogP contribution is 2.40. The molecule has 0 unspecified atom stereocenters. The Balaban J connectivity index is 2.42. The number of nitrogens with zero attached hydrogens (tertiary/aromatic N) is 1. The van der Waals surface area contributed by atoms with Crippen molar-refractivity contribution in [2.75, 3.05) is 13.2 Å². The summed E-state index contributed by atoms with van der Waals surface area (Å²) in [5.74, 6) is -1.24. The summed E-state index contributed by atoms with van der Waals surface area (Å²) >= 11 is 0. The highest BCUT2D eigenvalue weighted by atomic mass is 19.4. The molecule has 2 atom stereocenters. The average Bonchev–Trinajstić information content (AvgIpc) is 2.33. The van der Waals surface area contributed by atoms with E-state index in [2.05, 4.69) is 16.5 Å². The third-order valence-corrected chi connectivity index (χ3v) is 3.47. The second-order valence-corrected chi connectivity index (χ2v) is 5.05. The molecule has 4 nitrogen and oxygen atoms in total. The minimum absolute atomic E-state index is 0.0899. The summed E-state index contributed by atoms with van der Waals surface area (Å²) in [6.07, 6.45) is -0.796. The van der Waals surface area contributed by atoms with E-state index in [1.54, 1.807) is 0 Å². The summed E-state index contributed by atoms with van der Waals surface area (Å²) in [4.78, 5) is 3.86.